The topological polar surface area (TPSA) is 72.9 Å². The third kappa shape index (κ3) is 8.45. The van der Waals surface area contributed by atoms with Crippen LogP contribution in [0.25, 0.3) is 0 Å². The molecule has 1 heterocycles. The minimum Gasteiger partial charge on any atom is -0.394 e. The molecule has 2 aromatic carbocycles. The summed E-state index contributed by atoms with van der Waals surface area (Å²) in [5, 5.41) is 12.9. The maximum Gasteiger partial charge on any atom is 0.251 e. The Bertz CT molecular complexity index is 977. The Morgan fingerprint density at radius 2 is 1.67 bits per heavy atom. The van der Waals surface area contributed by atoms with E-state index < -0.39 is 0 Å². The van der Waals surface area contributed by atoms with E-state index in [0.717, 1.165) is 49.2 Å². The number of carbonyl (C=O) groups is 2. The summed E-state index contributed by atoms with van der Waals surface area (Å²) >= 11 is 0. The number of aliphatic hydroxyl groups excluding tert-OH is 1. The fraction of sp³-hybridized carbons (Fsp3) is 0.533. The van der Waals surface area contributed by atoms with Crippen LogP contribution in [0.3, 0.4) is 0 Å². The van der Waals surface area contributed by atoms with Crippen molar-refractivity contribution in [1.29, 1.82) is 0 Å². The zero-order chi connectivity index (χ0) is 25.9. The predicted octanol–water partition coefficient (Wildman–Crippen LogP) is 4.80. The zero-order valence-electron chi connectivity index (χ0n) is 22.2. The van der Waals surface area contributed by atoms with Crippen LogP contribution in [0.1, 0.15) is 74.4 Å². The van der Waals surface area contributed by atoms with Crippen LogP contribution in [0.2, 0.25) is 0 Å². The Kier molecular flexibility index (Phi) is 11.0. The van der Waals surface area contributed by atoms with Gasteiger partial charge in [0.2, 0.25) is 5.91 Å². The summed E-state index contributed by atoms with van der Waals surface area (Å²) in [6, 6.07) is 15.2. The Labute approximate surface area is 216 Å². The fourth-order valence-corrected chi connectivity index (χ4v) is 5.02. The van der Waals surface area contributed by atoms with Crippen LogP contribution in [0.15, 0.2) is 48.5 Å². The van der Waals surface area contributed by atoms with Crippen molar-refractivity contribution in [3.63, 3.8) is 0 Å². The molecule has 0 aliphatic carbocycles. The van der Waals surface area contributed by atoms with Crippen LogP contribution in [-0.2, 0) is 17.8 Å². The van der Waals surface area contributed by atoms with E-state index in [-0.39, 0.29) is 24.5 Å². The second kappa shape index (κ2) is 14.1. The van der Waals surface area contributed by atoms with Crippen LogP contribution in [0.5, 0.6) is 0 Å². The Balaban J connectivity index is 1.88. The van der Waals surface area contributed by atoms with Crippen molar-refractivity contribution in [2.24, 2.45) is 5.92 Å². The molecule has 1 atom stereocenters. The van der Waals surface area contributed by atoms with Crippen LogP contribution < -0.4 is 10.2 Å². The number of fused-ring (bicyclic) bond motifs is 1. The molecule has 0 fully saturated rings. The Morgan fingerprint density at radius 1 is 0.972 bits per heavy atom. The van der Waals surface area contributed by atoms with Gasteiger partial charge in [0.15, 0.2) is 0 Å². The van der Waals surface area contributed by atoms with Gasteiger partial charge < -0.3 is 15.3 Å². The van der Waals surface area contributed by atoms with Crippen molar-refractivity contribution in [3.8, 4) is 0 Å². The fourth-order valence-electron chi connectivity index (χ4n) is 5.02. The summed E-state index contributed by atoms with van der Waals surface area (Å²) in [7, 11) is 0. The number of anilines is 1. The summed E-state index contributed by atoms with van der Waals surface area (Å²) in [5.41, 5.74) is 3.52. The Morgan fingerprint density at radius 3 is 2.33 bits per heavy atom. The molecule has 36 heavy (non-hydrogen) atoms. The lowest BCUT2D eigenvalue weighted by Crippen LogP contribution is -2.39. The first kappa shape index (κ1) is 27.9. The summed E-state index contributed by atoms with van der Waals surface area (Å²) in [5.74, 6) is 0.354. The van der Waals surface area contributed by atoms with Gasteiger partial charge in [0.25, 0.3) is 5.91 Å². The zero-order valence-corrected chi connectivity index (χ0v) is 22.2. The highest BCUT2D eigenvalue weighted by Crippen LogP contribution is 2.26. The first-order valence-electron chi connectivity index (χ1n) is 13.5. The molecule has 0 spiro atoms. The van der Waals surface area contributed by atoms with E-state index in [9.17, 15) is 14.7 Å². The van der Waals surface area contributed by atoms with Gasteiger partial charge in [0.05, 0.1) is 12.6 Å². The monoisotopic (exact) mass is 493 g/mol. The van der Waals surface area contributed by atoms with E-state index >= 15 is 0 Å². The second-order valence-corrected chi connectivity index (χ2v) is 10.5. The molecule has 2 N–H and O–H groups in total. The van der Waals surface area contributed by atoms with Gasteiger partial charge >= 0.3 is 0 Å². The highest BCUT2D eigenvalue weighted by molar-refractivity contribution is 5.97. The minimum absolute atomic E-state index is 0.0316. The van der Waals surface area contributed by atoms with Crippen molar-refractivity contribution in [3.05, 3.63) is 65.2 Å². The molecule has 6 heteroatoms. The highest BCUT2D eigenvalue weighted by atomic mass is 16.3. The van der Waals surface area contributed by atoms with Gasteiger partial charge in [0, 0.05) is 37.8 Å². The molecule has 1 aliphatic heterocycles. The largest absolute Gasteiger partial charge is 0.394 e. The molecule has 2 aromatic rings. The molecule has 196 valence electrons. The van der Waals surface area contributed by atoms with Crippen LogP contribution in [-0.4, -0.2) is 54.1 Å². The first-order valence-corrected chi connectivity index (χ1v) is 13.5. The number of carbonyl (C=O) groups excluding carboxylic acids is 2. The molecule has 3 rings (SSSR count). The van der Waals surface area contributed by atoms with Gasteiger partial charge in [0.1, 0.15) is 0 Å². The maximum atomic E-state index is 13.2. The number of rotatable bonds is 7. The minimum atomic E-state index is -0.368. The molecule has 0 aromatic heterocycles. The van der Waals surface area contributed by atoms with Gasteiger partial charge in [-0.05, 0) is 61.1 Å². The summed E-state index contributed by atoms with van der Waals surface area (Å²) in [6.07, 6.45) is 6.23. The highest BCUT2D eigenvalue weighted by Gasteiger charge is 2.21. The third-order valence-corrected chi connectivity index (χ3v) is 6.77. The lowest BCUT2D eigenvalue weighted by molar-refractivity contribution is -0.116. The molecule has 1 aliphatic rings. The number of hydrogen-bond donors (Lipinski definition) is 2. The van der Waals surface area contributed by atoms with Gasteiger partial charge in [-0.15, -0.1) is 0 Å². The number of amides is 2. The number of aliphatic hydroxyl groups is 1. The van der Waals surface area contributed by atoms with Crippen molar-refractivity contribution < 1.29 is 14.7 Å². The number of benzene rings is 2. The predicted molar refractivity (Wildman–Crippen MR) is 146 cm³/mol. The van der Waals surface area contributed by atoms with E-state index in [1.165, 1.54) is 12.8 Å². The summed E-state index contributed by atoms with van der Waals surface area (Å²) < 4.78 is 0. The lowest BCUT2D eigenvalue weighted by Gasteiger charge is -2.30. The van der Waals surface area contributed by atoms with Crippen molar-refractivity contribution in [2.75, 3.05) is 31.1 Å². The Hall–Kier alpha value is -2.70. The number of hydrogen-bond acceptors (Lipinski definition) is 4. The van der Waals surface area contributed by atoms with E-state index in [1.54, 1.807) is 13.0 Å². The van der Waals surface area contributed by atoms with Gasteiger partial charge in [-0.3, -0.25) is 14.5 Å². The average molecular weight is 494 g/mol. The second-order valence-electron chi connectivity index (χ2n) is 10.5. The molecule has 0 saturated carbocycles. The van der Waals surface area contributed by atoms with E-state index in [4.69, 9.17) is 0 Å². The molecule has 0 saturated heterocycles. The molecular formula is C30H43N3O3. The molecule has 0 bridgehead atoms. The van der Waals surface area contributed by atoms with Gasteiger partial charge in [-0.1, -0.05) is 63.4 Å². The van der Waals surface area contributed by atoms with E-state index in [2.05, 4.69) is 24.1 Å². The van der Waals surface area contributed by atoms with Gasteiger partial charge in [-0.2, -0.15) is 0 Å². The van der Waals surface area contributed by atoms with E-state index in [0.29, 0.717) is 31.0 Å². The number of nitrogens with zero attached hydrogens (tertiary/aromatic N) is 2. The average Bonchev–Trinajstić information content (AvgIpc) is 2.84. The van der Waals surface area contributed by atoms with Gasteiger partial charge in [-0.25, -0.2) is 0 Å². The van der Waals surface area contributed by atoms with Crippen LogP contribution >= 0.6 is 0 Å². The van der Waals surface area contributed by atoms with Crippen molar-refractivity contribution in [2.45, 2.75) is 71.9 Å². The third-order valence-electron chi connectivity index (χ3n) is 6.77. The quantitative estimate of drug-likeness (QED) is 0.581. The molecule has 0 unspecified atom stereocenters. The summed E-state index contributed by atoms with van der Waals surface area (Å²) in [6.45, 7) is 9.32. The maximum absolute atomic E-state index is 13.2. The lowest BCUT2D eigenvalue weighted by atomic mass is 10.0. The number of nitrogens with one attached hydrogen (secondary N) is 1. The first-order chi connectivity index (χ1) is 17.4. The SMILES string of the molecule is CC(=O)N1CCCCCCCN(CC(C)C)Cc2cc(C(=O)N[C@H](CO)Cc3ccccc3)ccc21. The normalized spacial score (nSPS) is 16.5. The molecule has 2 amide bonds. The smallest absolute Gasteiger partial charge is 0.251 e. The summed E-state index contributed by atoms with van der Waals surface area (Å²) in [4.78, 5) is 30.2. The molecule has 6 nitrogen and oxygen atoms in total. The van der Waals surface area contributed by atoms with Crippen molar-refractivity contribution in [1.82, 2.24) is 10.2 Å². The van der Waals surface area contributed by atoms with Crippen molar-refractivity contribution >= 4 is 17.5 Å². The molecule has 0 radical (unpaired) electrons. The van der Waals surface area contributed by atoms with E-state index in [1.807, 2.05) is 47.4 Å². The molecular weight excluding hydrogens is 450 g/mol. The standard InChI is InChI=1S/C30H43N3O3/c1-23(2)20-32-16-10-5-4-6-11-17-33(24(3)35)29-15-14-26(19-27(29)21-32)30(36)31-28(22-34)18-25-12-8-7-9-13-25/h7-9,12-15,19,23,28,34H,4-6,10-11,16-18,20-22H2,1-3H3,(H,31,36)/t28-/m0/s1. The van der Waals surface area contributed by atoms with Crippen LogP contribution in [0, 0.1) is 5.92 Å². The van der Waals surface area contributed by atoms with Crippen LogP contribution in [0.4, 0.5) is 5.69 Å².